The first-order valence-electron chi connectivity index (χ1n) is 7.20. The topological polar surface area (TPSA) is 41.9 Å². The Morgan fingerprint density at radius 3 is 2.95 bits per heavy atom. The number of pyridine rings is 1. The molecule has 0 aromatic carbocycles. The van der Waals surface area contributed by atoms with Crippen molar-refractivity contribution in [2.45, 2.75) is 32.2 Å². The summed E-state index contributed by atoms with van der Waals surface area (Å²) in [4.78, 5) is 15.1. The average molecular weight is 268 g/mol. The van der Waals surface area contributed by atoms with Gasteiger partial charge < -0.3 is 0 Å². The van der Waals surface area contributed by atoms with Crippen molar-refractivity contribution in [3.05, 3.63) is 53.9 Å². The van der Waals surface area contributed by atoms with E-state index in [1.807, 2.05) is 24.7 Å². The minimum absolute atomic E-state index is 0.536. The molecule has 1 aliphatic rings. The molecule has 3 heterocycles. The Kier molecular flexibility index (Phi) is 4.02. The van der Waals surface area contributed by atoms with Crippen LogP contribution in [0.15, 0.2) is 37.1 Å². The van der Waals surface area contributed by atoms with Gasteiger partial charge in [0, 0.05) is 43.3 Å². The molecule has 0 saturated carbocycles. The number of rotatable bonds is 3. The van der Waals surface area contributed by atoms with Crippen molar-refractivity contribution in [3.8, 4) is 0 Å². The lowest BCUT2D eigenvalue weighted by molar-refractivity contribution is 0.198. The number of piperidine rings is 1. The van der Waals surface area contributed by atoms with E-state index in [0.717, 1.165) is 13.1 Å². The van der Waals surface area contributed by atoms with Crippen LogP contribution in [0.2, 0.25) is 0 Å². The minimum Gasteiger partial charge on any atom is -0.298 e. The first kappa shape index (κ1) is 13.2. The molecule has 2 aromatic heterocycles. The molecular formula is C16H20N4. The minimum atomic E-state index is 0.536. The zero-order chi connectivity index (χ0) is 13.8. The Hall–Kier alpha value is -1.81. The summed E-state index contributed by atoms with van der Waals surface area (Å²) in [6, 6.07) is 4.18. The van der Waals surface area contributed by atoms with Gasteiger partial charge in [-0.25, -0.2) is 9.97 Å². The molecule has 0 radical (unpaired) electrons. The molecule has 2 aromatic rings. The standard InChI is InChI=1S/C16H20N4/c1-13-9-17-6-4-14(13)10-20-8-2-3-15(11-20)16-5-7-18-12-19-16/h4-7,9,12,15H,2-3,8,10-11H2,1H3. The molecule has 20 heavy (non-hydrogen) atoms. The van der Waals surface area contributed by atoms with Crippen molar-refractivity contribution in [1.82, 2.24) is 19.9 Å². The van der Waals surface area contributed by atoms with Gasteiger partial charge in [-0.1, -0.05) is 0 Å². The SMILES string of the molecule is Cc1cnccc1CN1CCCC(c2ccncn2)C1. The number of likely N-dealkylation sites (tertiary alicyclic amines) is 1. The lowest BCUT2D eigenvalue weighted by Gasteiger charge is -2.32. The lowest BCUT2D eigenvalue weighted by Crippen LogP contribution is -2.34. The highest BCUT2D eigenvalue weighted by molar-refractivity contribution is 5.21. The summed E-state index contributed by atoms with van der Waals surface area (Å²) in [5.41, 5.74) is 3.83. The largest absolute Gasteiger partial charge is 0.298 e. The van der Waals surface area contributed by atoms with E-state index in [1.54, 1.807) is 6.33 Å². The molecule has 0 aliphatic carbocycles. The summed E-state index contributed by atoms with van der Waals surface area (Å²) in [7, 11) is 0. The van der Waals surface area contributed by atoms with Gasteiger partial charge in [-0.3, -0.25) is 9.88 Å². The zero-order valence-corrected chi connectivity index (χ0v) is 11.9. The molecule has 1 aliphatic heterocycles. The average Bonchev–Trinajstić information content (AvgIpc) is 2.51. The Bertz CT molecular complexity index is 555. The van der Waals surface area contributed by atoms with Gasteiger partial charge in [0.1, 0.15) is 6.33 Å². The zero-order valence-electron chi connectivity index (χ0n) is 11.9. The molecule has 4 nitrogen and oxygen atoms in total. The van der Waals surface area contributed by atoms with E-state index in [4.69, 9.17) is 0 Å². The van der Waals surface area contributed by atoms with Crippen molar-refractivity contribution in [3.63, 3.8) is 0 Å². The number of nitrogens with zero attached hydrogens (tertiary/aromatic N) is 4. The number of aryl methyl sites for hydroxylation is 1. The van der Waals surface area contributed by atoms with Crippen molar-refractivity contribution >= 4 is 0 Å². The Morgan fingerprint density at radius 2 is 2.15 bits per heavy atom. The Labute approximate surface area is 119 Å². The molecule has 0 bridgehead atoms. The smallest absolute Gasteiger partial charge is 0.115 e. The maximum atomic E-state index is 4.41. The third-order valence-electron chi connectivity index (χ3n) is 4.06. The van der Waals surface area contributed by atoms with Crippen LogP contribution in [0.4, 0.5) is 0 Å². The van der Waals surface area contributed by atoms with Gasteiger partial charge in [-0.2, -0.15) is 0 Å². The molecule has 3 rings (SSSR count). The first-order chi connectivity index (χ1) is 9.83. The highest BCUT2D eigenvalue weighted by Gasteiger charge is 2.22. The summed E-state index contributed by atoms with van der Waals surface area (Å²) >= 11 is 0. The van der Waals surface area contributed by atoms with Gasteiger partial charge in [0.2, 0.25) is 0 Å². The van der Waals surface area contributed by atoms with Crippen LogP contribution in [0.25, 0.3) is 0 Å². The fourth-order valence-electron chi connectivity index (χ4n) is 2.90. The van der Waals surface area contributed by atoms with Gasteiger partial charge in [-0.15, -0.1) is 0 Å². The number of aromatic nitrogens is 3. The van der Waals surface area contributed by atoms with E-state index in [1.165, 1.54) is 36.2 Å². The van der Waals surface area contributed by atoms with Crippen molar-refractivity contribution in [1.29, 1.82) is 0 Å². The van der Waals surface area contributed by atoms with Crippen molar-refractivity contribution in [2.75, 3.05) is 13.1 Å². The third kappa shape index (κ3) is 3.02. The fraction of sp³-hybridized carbons (Fsp3) is 0.438. The molecule has 4 heteroatoms. The summed E-state index contributed by atoms with van der Waals surface area (Å²) in [6.45, 7) is 5.40. The van der Waals surface area contributed by atoms with Crippen molar-refractivity contribution < 1.29 is 0 Å². The van der Waals surface area contributed by atoms with E-state index < -0.39 is 0 Å². The lowest BCUT2D eigenvalue weighted by atomic mass is 9.94. The summed E-state index contributed by atoms with van der Waals surface area (Å²) in [6.07, 6.45) is 9.78. The predicted molar refractivity (Wildman–Crippen MR) is 78.3 cm³/mol. The first-order valence-corrected chi connectivity index (χ1v) is 7.20. The molecule has 1 unspecified atom stereocenters. The highest BCUT2D eigenvalue weighted by Crippen LogP contribution is 2.26. The van der Waals surface area contributed by atoms with Gasteiger partial charge >= 0.3 is 0 Å². The molecule has 0 amide bonds. The van der Waals surface area contributed by atoms with Crippen LogP contribution in [-0.2, 0) is 6.54 Å². The summed E-state index contributed by atoms with van der Waals surface area (Å²) < 4.78 is 0. The van der Waals surface area contributed by atoms with Crippen LogP contribution in [0, 0.1) is 6.92 Å². The fourth-order valence-corrected chi connectivity index (χ4v) is 2.90. The Morgan fingerprint density at radius 1 is 1.25 bits per heavy atom. The summed E-state index contributed by atoms with van der Waals surface area (Å²) in [5.74, 6) is 0.536. The maximum absolute atomic E-state index is 4.41. The van der Waals surface area contributed by atoms with Crippen LogP contribution in [0.3, 0.4) is 0 Å². The molecule has 1 saturated heterocycles. The van der Waals surface area contributed by atoms with Crippen LogP contribution in [0.5, 0.6) is 0 Å². The molecule has 104 valence electrons. The van der Waals surface area contributed by atoms with E-state index in [2.05, 4.69) is 32.8 Å². The third-order valence-corrected chi connectivity index (χ3v) is 4.06. The second-order valence-electron chi connectivity index (χ2n) is 5.51. The number of hydrogen-bond donors (Lipinski definition) is 0. The van der Waals surface area contributed by atoms with E-state index in [-0.39, 0.29) is 0 Å². The monoisotopic (exact) mass is 268 g/mol. The molecule has 0 N–H and O–H groups in total. The number of hydrogen-bond acceptors (Lipinski definition) is 4. The van der Waals surface area contributed by atoms with Crippen LogP contribution in [0.1, 0.15) is 35.6 Å². The molecule has 1 atom stereocenters. The van der Waals surface area contributed by atoms with Gasteiger partial charge in [0.15, 0.2) is 0 Å². The Balaban J connectivity index is 1.68. The van der Waals surface area contributed by atoms with Crippen LogP contribution >= 0.6 is 0 Å². The predicted octanol–water partition coefficient (Wildman–Crippen LogP) is 2.56. The highest BCUT2D eigenvalue weighted by atomic mass is 15.1. The van der Waals surface area contributed by atoms with Crippen LogP contribution in [-0.4, -0.2) is 32.9 Å². The molecule has 0 spiro atoms. The van der Waals surface area contributed by atoms with E-state index in [9.17, 15) is 0 Å². The molecular weight excluding hydrogens is 248 g/mol. The summed E-state index contributed by atoms with van der Waals surface area (Å²) in [5, 5.41) is 0. The van der Waals surface area contributed by atoms with Gasteiger partial charge in [0.25, 0.3) is 0 Å². The van der Waals surface area contributed by atoms with Crippen molar-refractivity contribution in [2.24, 2.45) is 0 Å². The van der Waals surface area contributed by atoms with E-state index >= 15 is 0 Å². The quantitative estimate of drug-likeness (QED) is 0.858. The normalized spacial score (nSPS) is 19.9. The maximum Gasteiger partial charge on any atom is 0.115 e. The second-order valence-corrected chi connectivity index (χ2v) is 5.51. The van der Waals surface area contributed by atoms with Crippen LogP contribution < -0.4 is 0 Å². The van der Waals surface area contributed by atoms with E-state index in [0.29, 0.717) is 5.92 Å². The molecule has 1 fully saturated rings. The van der Waals surface area contributed by atoms with Gasteiger partial charge in [-0.05, 0) is 49.6 Å². The second kappa shape index (κ2) is 6.09. The van der Waals surface area contributed by atoms with Gasteiger partial charge in [0.05, 0.1) is 0 Å².